The summed E-state index contributed by atoms with van der Waals surface area (Å²) >= 11 is 0. The number of ketones is 1. The fourth-order valence-corrected chi connectivity index (χ4v) is 4.94. The number of aromatic amines is 1. The highest BCUT2D eigenvalue weighted by Gasteiger charge is 2.38. The Morgan fingerprint density at radius 2 is 1.76 bits per heavy atom. The second kappa shape index (κ2) is 9.49. The lowest BCUT2D eigenvalue weighted by Gasteiger charge is -2.44. The number of ether oxygens (including phenoxy) is 1. The van der Waals surface area contributed by atoms with Crippen LogP contribution in [0.1, 0.15) is 40.4 Å². The van der Waals surface area contributed by atoms with Crippen molar-refractivity contribution in [1.29, 1.82) is 0 Å². The van der Waals surface area contributed by atoms with Gasteiger partial charge in [-0.3, -0.25) is 14.4 Å². The molecule has 0 saturated carbocycles. The van der Waals surface area contributed by atoms with Gasteiger partial charge in [0.1, 0.15) is 17.9 Å². The first-order chi connectivity index (χ1) is 17.8. The lowest BCUT2D eigenvalue weighted by molar-refractivity contribution is -0.129. The Balaban J connectivity index is 1.42. The molecular weight excluding hydrogens is 474 g/mol. The van der Waals surface area contributed by atoms with Crippen LogP contribution in [0.4, 0.5) is 0 Å². The van der Waals surface area contributed by atoms with Crippen LogP contribution in [0.15, 0.2) is 49.1 Å². The van der Waals surface area contributed by atoms with Gasteiger partial charge in [0, 0.05) is 36.9 Å². The van der Waals surface area contributed by atoms with Gasteiger partial charge in [0.25, 0.3) is 17.6 Å². The van der Waals surface area contributed by atoms with Gasteiger partial charge in [-0.25, -0.2) is 14.6 Å². The van der Waals surface area contributed by atoms with Gasteiger partial charge in [0.05, 0.1) is 29.8 Å². The van der Waals surface area contributed by atoms with E-state index in [1.807, 2.05) is 32.0 Å². The average Bonchev–Trinajstić information content (AvgIpc) is 3.54. The molecule has 1 aromatic carbocycles. The lowest BCUT2D eigenvalue weighted by atomic mass is 10.0. The Morgan fingerprint density at radius 1 is 1.05 bits per heavy atom. The van der Waals surface area contributed by atoms with Gasteiger partial charge >= 0.3 is 0 Å². The van der Waals surface area contributed by atoms with Crippen LogP contribution < -0.4 is 4.74 Å². The number of rotatable bonds is 5. The zero-order valence-corrected chi connectivity index (χ0v) is 21.0. The molecule has 1 saturated heterocycles. The van der Waals surface area contributed by atoms with Gasteiger partial charge in [-0.1, -0.05) is 18.2 Å². The third-order valence-corrected chi connectivity index (χ3v) is 6.60. The number of H-pyrrole nitrogens is 1. The molecule has 0 aliphatic carbocycles. The molecule has 3 aromatic heterocycles. The summed E-state index contributed by atoms with van der Waals surface area (Å²) in [6, 6.07) is 8.52. The number of aryl methyl sites for hydroxylation is 1. The van der Waals surface area contributed by atoms with Crippen LogP contribution in [-0.2, 0) is 4.79 Å². The Bertz CT molecular complexity index is 1480. The summed E-state index contributed by atoms with van der Waals surface area (Å²) in [7, 11) is 1.48. The number of carbonyl (C=O) groups is 3. The van der Waals surface area contributed by atoms with E-state index < -0.39 is 11.7 Å². The second-order valence-electron chi connectivity index (χ2n) is 9.15. The molecule has 37 heavy (non-hydrogen) atoms. The summed E-state index contributed by atoms with van der Waals surface area (Å²) in [6.07, 6.45) is 4.50. The van der Waals surface area contributed by atoms with Crippen LogP contribution in [0.5, 0.6) is 5.75 Å². The van der Waals surface area contributed by atoms with Crippen LogP contribution in [0.3, 0.4) is 0 Å². The normalized spacial score (nSPS) is 17.7. The quantitative estimate of drug-likeness (QED) is 0.329. The van der Waals surface area contributed by atoms with E-state index >= 15 is 0 Å². The Kier molecular flexibility index (Phi) is 6.20. The maximum atomic E-state index is 13.5. The van der Waals surface area contributed by atoms with Gasteiger partial charge in [-0.2, -0.15) is 5.10 Å². The first kappa shape index (κ1) is 24.2. The van der Waals surface area contributed by atoms with Gasteiger partial charge in [0.2, 0.25) is 0 Å². The van der Waals surface area contributed by atoms with E-state index in [0.717, 1.165) is 0 Å². The van der Waals surface area contributed by atoms with Gasteiger partial charge < -0.3 is 19.5 Å². The molecule has 11 nitrogen and oxygen atoms in total. The summed E-state index contributed by atoms with van der Waals surface area (Å²) < 4.78 is 6.96. The third kappa shape index (κ3) is 4.22. The number of methoxy groups -OCH3 is 1. The standard InChI is InChI=1S/C26H27N7O4/c1-15-12-31(13-16(2)33(15)25(35)18-8-6-5-7-9-18)26(36)23(34)19-10-27-22-21(19)20(37-4)11-28-24(22)32-14-29-17(3)30-32/h5-11,14-16,27H,12-13H2,1-4H3. The van der Waals surface area contributed by atoms with E-state index in [1.165, 1.54) is 35.4 Å². The molecule has 1 aliphatic rings. The largest absolute Gasteiger partial charge is 0.494 e. The van der Waals surface area contributed by atoms with E-state index in [1.54, 1.807) is 24.0 Å². The van der Waals surface area contributed by atoms with Crippen LogP contribution in [-0.4, -0.2) is 84.4 Å². The van der Waals surface area contributed by atoms with Crippen molar-refractivity contribution in [3.63, 3.8) is 0 Å². The van der Waals surface area contributed by atoms with E-state index in [0.29, 0.717) is 33.9 Å². The number of hydrogen-bond donors (Lipinski definition) is 1. The monoisotopic (exact) mass is 501 g/mol. The van der Waals surface area contributed by atoms with Gasteiger partial charge in [-0.15, -0.1) is 0 Å². The van der Waals surface area contributed by atoms with Crippen molar-refractivity contribution in [1.82, 2.24) is 34.5 Å². The van der Waals surface area contributed by atoms with E-state index in [-0.39, 0.29) is 36.6 Å². The minimum atomic E-state index is -0.668. The minimum Gasteiger partial charge on any atom is -0.494 e. The Morgan fingerprint density at radius 3 is 2.38 bits per heavy atom. The van der Waals surface area contributed by atoms with Crippen molar-refractivity contribution in [3.8, 4) is 11.6 Å². The number of aromatic nitrogens is 5. The van der Waals surface area contributed by atoms with Crippen LogP contribution in [0.25, 0.3) is 16.7 Å². The number of piperazine rings is 1. The number of carbonyl (C=O) groups excluding carboxylic acids is 3. The molecular formula is C26H27N7O4. The highest BCUT2D eigenvalue weighted by Crippen LogP contribution is 2.32. The SMILES string of the molecule is COc1cnc(-n2cnc(C)n2)c2[nH]cc(C(=O)C(=O)N3CC(C)N(C(=O)c4ccccc4)C(C)C3)c12. The first-order valence-electron chi connectivity index (χ1n) is 11.9. The molecule has 4 heterocycles. The molecule has 1 fully saturated rings. The summed E-state index contributed by atoms with van der Waals surface area (Å²) in [5.74, 6) is -0.0472. The van der Waals surface area contributed by atoms with Crippen molar-refractivity contribution >= 4 is 28.5 Å². The lowest BCUT2D eigenvalue weighted by Crippen LogP contribution is -2.60. The molecule has 0 spiro atoms. The van der Waals surface area contributed by atoms with E-state index in [2.05, 4.69) is 20.1 Å². The average molecular weight is 502 g/mol. The maximum absolute atomic E-state index is 13.5. The molecule has 2 atom stereocenters. The molecule has 1 aliphatic heterocycles. The molecule has 2 amide bonds. The van der Waals surface area contributed by atoms with Gasteiger partial charge in [-0.05, 0) is 32.9 Å². The van der Waals surface area contributed by atoms with E-state index in [4.69, 9.17) is 4.74 Å². The Labute approximate surface area is 213 Å². The molecule has 4 aromatic rings. The van der Waals surface area contributed by atoms with Crippen molar-refractivity contribution in [2.24, 2.45) is 0 Å². The van der Waals surface area contributed by atoms with Crippen LogP contribution in [0, 0.1) is 6.92 Å². The number of nitrogens with one attached hydrogen (secondary N) is 1. The zero-order chi connectivity index (χ0) is 26.3. The van der Waals surface area contributed by atoms with E-state index in [9.17, 15) is 14.4 Å². The molecule has 0 radical (unpaired) electrons. The summed E-state index contributed by atoms with van der Waals surface area (Å²) in [4.78, 5) is 54.9. The Hall–Kier alpha value is -4.54. The highest BCUT2D eigenvalue weighted by molar-refractivity contribution is 6.45. The zero-order valence-electron chi connectivity index (χ0n) is 21.0. The number of pyridine rings is 1. The number of Topliss-reactive ketones (excluding diaryl/α,β-unsaturated/α-hetero) is 1. The topological polar surface area (TPSA) is 126 Å². The number of nitrogens with zero attached hydrogens (tertiary/aromatic N) is 6. The van der Waals surface area contributed by atoms with Crippen molar-refractivity contribution in [2.45, 2.75) is 32.9 Å². The van der Waals surface area contributed by atoms with Crippen LogP contribution >= 0.6 is 0 Å². The predicted octanol–water partition coefficient (Wildman–Crippen LogP) is 2.40. The third-order valence-electron chi connectivity index (χ3n) is 6.60. The molecule has 2 unspecified atom stereocenters. The smallest absolute Gasteiger partial charge is 0.295 e. The maximum Gasteiger partial charge on any atom is 0.295 e. The molecule has 1 N–H and O–H groups in total. The van der Waals surface area contributed by atoms with Crippen molar-refractivity contribution < 1.29 is 19.1 Å². The number of amides is 2. The molecule has 190 valence electrons. The summed E-state index contributed by atoms with van der Waals surface area (Å²) in [5, 5.41) is 4.74. The molecule has 11 heteroatoms. The summed E-state index contributed by atoms with van der Waals surface area (Å²) in [5.41, 5.74) is 1.27. The molecule has 0 bridgehead atoms. The highest BCUT2D eigenvalue weighted by atomic mass is 16.5. The number of benzene rings is 1. The fraction of sp³-hybridized carbons (Fsp3) is 0.308. The first-order valence-corrected chi connectivity index (χ1v) is 11.9. The molecule has 5 rings (SSSR count). The minimum absolute atomic E-state index is 0.0937. The summed E-state index contributed by atoms with van der Waals surface area (Å²) in [6.45, 7) is 6.02. The predicted molar refractivity (Wildman–Crippen MR) is 135 cm³/mol. The number of hydrogen-bond acceptors (Lipinski definition) is 7. The van der Waals surface area contributed by atoms with Crippen molar-refractivity contribution in [2.75, 3.05) is 20.2 Å². The second-order valence-corrected chi connectivity index (χ2v) is 9.15. The van der Waals surface area contributed by atoms with Crippen LogP contribution in [0.2, 0.25) is 0 Å². The fourth-order valence-electron chi connectivity index (χ4n) is 4.94. The van der Waals surface area contributed by atoms with Crippen molar-refractivity contribution in [3.05, 3.63) is 66.0 Å². The van der Waals surface area contributed by atoms with Gasteiger partial charge in [0.15, 0.2) is 5.82 Å². The number of fused-ring (bicyclic) bond motifs is 1.